The second-order valence-corrected chi connectivity index (χ2v) is 6.78. The van der Waals surface area contributed by atoms with E-state index < -0.39 is 23.6 Å². The number of hydrogen-bond acceptors (Lipinski definition) is 3. The third-order valence-corrected chi connectivity index (χ3v) is 5.06. The molecule has 132 valence electrons. The normalized spacial score (nSPS) is 32.6. The van der Waals surface area contributed by atoms with Gasteiger partial charge in [-0.05, 0) is 44.4 Å². The van der Waals surface area contributed by atoms with Gasteiger partial charge >= 0.3 is 6.18 Å². The third kappa shape index (κ3) is 4.37. The predicted octanol–water partition coefficient (Wildman–Crippen LogP) is 1.58. The van der Waals surface area contributed by atoms with Gasteiger partial charge in [0.2, 0.25) is 5.91 Å². The van der Waals surface area contributed by atoms with Crippen LogP contribution in [0.15, 0.2) is 0 Å². The smallest absolute Gasteiger partial charge is 0.378 e. The number of primary amides is 1. The Labute approximate surface area is 133 Å². The van der Waals surface area contributed by atoms with E-state index >= 15 is 0 Å². The highest BCUT2D eigenvalue weighted by atomic mass is 19.4. The molecule has 0 aromatic rings. The second kappa shape index (κ2) is 6.67. The zero-order chi connectivity index (χ0) is 17.3. The van der Waals surface area contributed by atoms with Gasteiger partial charge in [-0.2, -0.15) is 13.2 Å². The van der Waals surface area contributed by atoms with Crippen LogP contribution in [0, 0.1) is 11.8 Å². The molecule has 2 rings (SSSR count). The highest BCUT2D eigenvalue weighted by Gasteiger charge is 2.43. The molecule has 0 spiro atoms. The van der Waals surface area contributed by atoms with Gasteiger partial charge in [-0.25, -0.2) is 0 Å². The second-order valence-electron chi connectivity index (χ2n) is 6.78. The summed E-state index contributed by atoms with van der Waals surface area (Å²) >= 11 is 0. The number of rotatable bonds is 3. The number of carbonyl (C=O) groups is 2. The summed E-state index contributed by atoms with van der Waals surface area (Å²) in [7, 11) is 0. The van der Waals surface area contributed by atoms with Crippen molar-refractivity contribution in [3.8, 4) is 0 Å². The van der Waals surface area contributed by atoms with Crippen LogP contribution >= 0.6 is 0 Å². The van der Waals surface area contributed by atoms with E-state index in [2.05, 4.69) is 0 Å². The van der Waals surface area contributed by atoms with Crippen molar-refractivity contribution < 1.29 is 27.9 Å². The first kappa shape index (κ1) is 18.0. The summed E-state index contributed by atoms with van der Waals surface area (Å²) in [5.41, 5.74) is 3.48. The van der Waals surface area contributed by atoms with Gasteiger partial charge in [0.1, 0.15) is 0 Å². The van der Waals surface area contributed by atoms with Gasteiger partial charge in [0.15, 0.2) is 5.60 Å². The van der Waals surface area contributed by atoms with Gasteiger partial charge in [-0.3, -0.25) is 9.59 Å². The van der Waals surface area contributed by atoms with Crippen LogP contribution in [0.4, 0.5) is 13.2 Å². The molecule has 0 unspecified atom stereocenters. The Balaban J connectivity index is 1.85. The van der Waals surface area contributed by atoms with Crippen LogP contribution in [0.2, 0.25) is 0 Å². The molecule has 1 aliphatic carbocycles. The van der Waals surface area contributed by atoms with Gasteiger partial charge in [-0.1, -0.05) is 0 Å². The van der Waals surface area contributed by atoms with Gasteiger partial charge in [-0.15, -0.1) is 0 Å². The fourth-order valence-electron chi connectivity index (χ4n) is 3.52. The topological polar surface area (TPSA) is 83.6 Å². The average molecular weight is 336 g/mol. The van der Waals surface area contributed by atoms with Crippen LogP contribution in [-0.4, -0.2) is 46.7 Å². The summed E-state index contributed by atoms with van der Waals surface area (Å²) in [4.78, 5) is 25.0. The summed E-state index contributed by atoms with van der Waals surface area (Å²) < 4.78 is 37.9. The monoisotopic (exact) mass is 336 g/mol. The first-order valence-electron chi connectivity index (χ1n) is 7.98. The minimum absolute atomic E-state index is 0.0622. The maximum absolute atomic E-state index is 12.6. The van der Waals surface area contributed by atoms with E-state index in [0.29, 0.717) is 25.8 Å². The predicted molar refractivity (Wildman–Crippen MR) is 76.1 cm³/mol. The lowest BCUT2D eigenvalue weighted by molar-refractivity contribution is -0.184. The van der Waals surface area contributed by atoms with E-state index in [1.54, 1.807) is 0 Å². The Morgan fingerprint density at radius 3 is 2.35 bits per heavy atom. The molecule has 3 N–H and O–H groups in total. The van der Waals surface area contributed by atoms with Crippen molar-refractivity contribution >= 4 is 11.8 Å². The van der Waals surface area contributed by atoms with Gasteiger partial charge < -0.3 is 15.7 Å². The van der Waals surface area contributed by atoms with Crippen LogP contribution in [0.3, 0.4) is 0 Å². The maximum atomic E-state index is 12.6. The van der Waals surface area contributed by atoms with Crippen molar-refractivity contribution in [2.24, 2.45) is 17.6 Å². The lowest BCUT2D eigenvalue weighted by Gasteiger charge is -2.38. The van der Waals surface area contributed by atoms with Crippen molar-refractivity contribution in [1.29, 1.82) is 0 Å². The zero-order valence-electron chi connectivity index (χ0n) is 12.9. The molecular weight excluding hydrogens is 313 g/mol. The lowest BCUT2D eigenvalue weighted by atomic mass is 9.80. The largest absolute Gasteiger partial charge is 0.391 e. The fourth-order valence-corrected chi connectivity index (χ4v) is 3.52. The molecule has 1 saturated carbocycles. The van der Waals surface area contributed by atoms with E-state index in [1.165, 1.54) is 4.90 Å². The van der Waals surface area contributed by atoms with E-state index in [4.69, 9.17) is 5.73 Å². The van der Waals surface area contributed by atoms with Crippen LogP contribution in [0.5, 0.6) is 0 Å². The van der Waals surface area contributed by atoms with E-state index in [-0.39, 0.29) is 44.1 Å². The summed E-state index contributed by atoms with van der Waals surface area (Å²) in [6.07, 6.45) is -2.40. The third-order valence-electron chi connectivity index (χ3n) is 5.06. The number of aliphatic hydroxyl groups is 1. The van der Waals surface area contributed by atoms with Crippen molar-refractivity contribution in [3.63, 3.8) is 0 Å². The van der Waals surface area contributed by atoms with Crippen LogP contribution in [0.25, 0.3) is 0 Å². The number of β-amino-alcohol motifs (C(OH)–C–C–N with tert-alkyl or cyclic N) is 1. The summed E-state index contributed by atoms with van der Waals surface area (Å²) in [5.74, 6) is -2.39. The highest BCUT2D eigenvalue weighted by Crippen LogP contribution is 2.40. The Morgan fingerprint density at radius 1 is 1.22 bits per heavy atom. The zero-order valence-corrected chi connectivity index (χ0v) is 12.9. The molecule has 1 aliphatic heterocycles. The SMILES string of the molecule is NC(=O)[C@]1(O)CCCN(C(=O)CC2CCC(C(F)(F)F)CC2)C1. The lowest BCUT2D eigenvalue weighted by Crippen LogP contribution is -2.57. The van der Waals surface area contributed by atoms with Gasteiger partial charge in [0, 0.05) is 13.0 Å². The Kier molecular flexibility index (Phi) is 5.23. The van der Waals surface area contributed by atoms with E-state index in [1.807, 2.05) is 0 Å². The molecule has 1 heterocycles. The first-order chi connectivity index (χ1) is 10.6. The number of likely N-dealkylation sites (tertiary alicyclic amines) is 1. The summed E-state index contributed by atoms with van der Waals surface area (Å²) in [6, 6.07) is 0. The number of nitrogens with two attached hydrogens (primary N) is 1. The molecule has 8 heteroatoms. The standard InChI is InChI=1S/C15H23F3N2O3/c16-15(17,18)11-4-2-10(3-5-11)8-12(21)20-7-1-6-14(23,9-20)13(19)22/h10-11,23H,1-9H2,(H2,19,22)/t10?,11?,14-/m0/s1. The number of nitrogens with zero attached hydrogens (tertiary/aromatic N) is 1. The van der Waals surface area contributed by atoms with Crippen molar-refractivity contribution in [2.75, 3.05) is 13.1 Å². The van der Waals surface area contributed by atoms with Gasteiger partial charge in [0.05, 0.1) is 12.5 Å². The molecule has 0 bridgehead atoms. The number of amides is 2. The molecule has 23 heavy (non-hydrogen) atoms. The average Bonchev–Trinajstić information content (AvgIpc) is 2.46. The highest BCUT2D eigenvalue weighted by molar-refractivity contribution is 5.85. The van der Waals surface area contributed by atoms with Crippen molar-refractivity contribution in [2.45, 2.75) is 56.7 Å². The van der Waals surface area contributed by atoms with Crippen LogP contribution in [0.1, 0.15) is 44.9 Å². The molecule has 0 radical (unpaired) electrons. The maximum Gasteiger partial charge on any atom is 0.391 e. The minimum atomic E-state index is -4.15. The summed E-state index contributed by atoms with van der Waals surface area (Å²) in [5, 5.41) is 10.1. The number of alkyl halides is 3. The van der Waals surface area contributed by atoms with E-state index in [0.717, 1.165) is 0 Å². The molecule has 0 aromatic heterocycles. The van der Waals surface area contributed by atoms with E-state index in [9.17, 15) is 27.9 Å². The molecule has 2 fully saturated rings. The molecule has 2 amide bonds. The Hall–Kier alpha value is -1.31. The molecule has 5 nitrogen and oxygen atoms in total. The number of halogens is 3. The van der Waals surface area contributed by atoms with Crippen LogP contribution in [-0.2, 0) is 9.59 Å². The molecule has 1 atom stereocenters. The number of piperidine rings is 1. The number of hydrogen-bond donors (Lipinski definition) is 2. The number of carbonyl (C=O) groups excluding carboxylic acids is 2. The first-order valence-corrected chi connectivity index (χ1v) is 7.98. The molecular formula is C15H23F3N2O3. The Bertz CT molecular complexity index is 461. The quantitative estimate of drug-likeness (QED) is 0.821. The molecule has 0 aromatic carbocycles. The molecule has 1 saturated heterocycles. The molecule has 2 aliphatic rings. The Morgan fingerprint density at radius 2 is 1.83 bits per heavy atom. The van der Waals surface area contributed by atoms with Crippen molar-refractivity contribution in [3.05, 3.63) is 0 Å². The van der Waals surface area contributed by atoms with Crippen molar-refractivity contribution in [1.82, 2.24) is 4.90 Å². The fraction of sp³-hybridized carbons (Fsp3) is 0.867. The van der Waals surface area contributed by atoms with Gasteiger partial charge in [0.25, 0.3) is 5.91 Å². The van der Waals surface area contributed by atoms with Crippen LogP contribution < -0.4 is 5.73 Å². The summed E-state index contributed by atoms with van der Waals surface area (Å²) in [6.45, 7) is 0.311. The minimum Gasteiger partial charge on any atom is -0.378 e.